The van der Waals surface area contributed by atoms with Gasteiger partial charge in [-0.3, -0.25) is 24.2 Å². The number of alkyl halides is 2. The van der Waals surface area contributed by atoms with E-state index in [1.54, 1.807) is 30.3 Å². The van der Waals surface area contributed by atoms with E-state index in [4.69, 9.17) is 11.6 Å². The zero-order valence-corrected chi connectivity index (χ0v) is 22.6. The molecule has 41 heavy (non-hydrogen) atoms. The van der Waals surface area contributed by atoms with Gasteiger partial charge in [-0.15, -0.1) is 0 Å². The lowest BCUT2D eigenvalue weighted by Gasteiger charge is -2.36. The molecule has 2 heterocycles. The van der Waals surface area contributed by atoms with Crippen LogP contribution in [-0.2, 0) is 14.4 Å². The van der Waals surface area contributed by atoms with Gasteiger partial charge < -0.3 is 5.32 Å². The van der Waals surface area contributed by atoms with Gasteiger partial charge in [0.15, 0.2) is 0 Å². The molecule has 0 bridgehead atoms. The number of amides is 3. The smallest absolute Gasteiger partial charge is 0.251 e. The minimum absolute atomic E-state index is 0.0226. The second-order valence-electron chi connectivity index (χ2n) is 10.1. The molecule has 2 atom stereocenters. The van der Waals surface area contributed by atoms with Gasteiger partial charge in [0.1, 0.15) is 17.9 Å². The summed E-state index contributed by atoms with van der Waals surface area (Å²) in [4.78, 5) is 51.9. The van der Waals surface area contributed by atoms with E-state index in [1.165, 1.54) is 35.5 Å². The molecular formula is C29H27ClF3N5O3. The predicted molar refractivity (Wildman–Crippen MR) is 146 cm³/mol. The fraction of sp³-hybridized carbons (Fsp3) is 0.345. The average molecular weight is 586 g/mol. The topological polar surface area (TPSA) is 95.5 Å². The maximum atomic E-state index is 14.5. The zero-order chi connectivity index (χ0) is 29.1. The maximum absolute atomic E-state index is 14.5. The number of carbonyl (C=O) groups is 3. The van der Waals surface area contributed by atoms with Gasteiger partial charge in [-0.05, 0) is 49.6 Å². The quantitative estimate of drug-likeness (QED) is 0.410. The van der Waals surface area contributed by atoms with Crippen molar-refractivity contribution in [2.75, 3.05) is 9.80 Å². The highest BCUT2D eigenvalue weighted by molar-refractivity contribution is 6.31. The van der Waals surface area contributed by atoms with Crippen LogP contribution in [0, 0.1) is 5.82 Å². The van der Waals surface area contributed by atoms with E-state index < -0.39 is 41.7 Å². The van der Waals surface area contributed by atoms with Crippen LogP contribution < -0.4 is 15.1 Å². The monoisotopic (exact) mass is 585 g/mol. The molecule has 1 aliphatic heterocycles. The largest absolute Gasteiger partial charge is 0.351 e. The van der Waals surface area contributed by atoms with Crippen LogP contribution in [0.4, 0.5) is 24.8 Å². The number of carbonyl (C=O) groups excluding carboxylic acids is 3. The van der Waals surface area contributed by atoms with Gasteiger partial charge in [-0.2, -0.15) is 0 Å². The summed E-state index contributed by atoms with van der Waals surface area (Å²) in [5.74, 6) is -5.16. The number of halogens is 4. The predicted octanol–water partition coefficient (Wildman–Crippen LogP) is 5.23. The van der Waals surface area contributed by atoms with E-state index in [2.05, 4.69) is 15.3 Å². The molecule has 2 aliphatic rings. The van der Waals surface area contributed by atoms with E-state index in [0.29, 0.717) is 0 Å². The highest BCUT2D eigenvalue weighted by Gasteiger charge is 2.45. The van der Waals surface area contributed by atoms with Crippen molar-refractivity contribution < 1.29 is 27.6 Å². The van der Waals surface area contributed by atoms with Crippen LogP contribution in [0.25, 0.3) is 0 Å². The van der Waals surface area contributed by atoms with Gasteiger partial charge in [0.05, 0.1) is 0 Å². The fourth-order valence-electron chi connectivity index (χ4n) is 5.33. The van der Waals surface area contributed by atoms with Crippen molar-refractivity contribution in [2.45, 2.75) is 62.6 Å². The number of benzene rings is 2. The Morgan fingerprint density at radius 2 is 1.73 bits per heavy atom. The van der Waals surface area contributed by atoms with Gasteiger partial charge in [-0.25, -0.2) is 23.1 Å². The maximum Gasteiger partial charge on any atom is 0.251 e. The van der Waals surface area contributed by atoms with Crippen LogP contribution in [0.3, 0.4) is 0 Å². The molecule has 1 saturated carbocycles. The van der Waals surface area contributed by atoms with Crippen molar-refractivity contribution >= 4 is 41.0 Å². The number of anilines is 2. The molecule has 2 aromatic carbocycles. The second kappa shape index (κ2) is 11.9. The molecule has 5 rings (SSSR count). The first-order valence-corrected chi connectivity index (χ1v) is 13.6. The Morgan fingerprint density at radius 1 is 1.02 bits per heavy atom. The van der Waals surface area contributed by atoms with Gasteiger partial charge in [0, 0.05) is 54.0 Å². The summed E-state index contributed by atoms with van der Waals surface area (Å²) in [6.45, 7) is 0. The molecule has 0 radical (unpaired) electrons. The molecule has 214 valence electrons. The van der Waals surface area contributed by atoms with Crippen LogP contribution in [0.5, 0.6) is 0 Å². The van der Waals surface area contributed by atoms with Gasteiger partial charge in [0.2, 0.25) is 23.7 Å². The normalized spacial score (nSPS) is 19.6. The lowest BCUT2D eigenvalue weighted by Crippen LogP contribution is -2.53. The standard InChI is InChI=1S/C29H27ClF3N5O3/c30-22-8-2-1-7-21(22)25(26(40)36-19-11-13-29(32,33)14-12-19)37(20-6-3-5-18(31)17-20)27(41)23-9-10-24(39)38(23)28-34-15-4-16-35-28/h1-8,15-17,19,23,25H,9-14H2,(H,36,40)/t23-,25?/m0/s1. The van der Waals surface area contributed by atoms with Crippen LogP contribution in [-0.4, -0.2) is 45.7 Å². The molecule has 3 amide bonds. The summed E-state index contributed by atoms with van der Waals surface area (Å²) in [6.07, 6.45) is 2.37. The van der Waals surface area contributed by atoms with Crippen molar-refractivity contribution in [3.8, 4) is 0 Å². The summed E-state index contributed by atoms with van der Waals surface area (Å²) < 4.78 is 42.2. The lowest BCUT2D eigenvalue weighted by molar-refractivity contribution is -0.128. The van der Waals surface area contributed by atoms with Crippen LogP contribution in [0.15, 0.2) is 67.0 Å². The summed E-state index contributed by atoms with van der Waals surface area (Å²) in [7, 11) is 0. The highest BCUT2D eigenvalue weighted by atomic mass is 35.5. The first kappa shape index (κ1) is 28.5. The first-order valence-electron chi connectivity index (χ1n) is 13.2. The Balaban J connectivity index is 1.58. The molecule has 1 aromatic heterocycles. The van der Waals surface area contributed by atoms with Crippen LogP contribution in [0.2, 0.25) is 5.02 Å². The minimum Gasteiger partial charge on any atom is -0.351 e. The first-order chi connectivity index (χ1) is 19.6. The summed E-state index contributed by atoms with van der Waals surface area (Å²) in [6, 6.07) is 10.1. The third-order valence-corrected chi connectivity index (χ3v) is 7.70. The van der Waals surface area contributed by atoms with Crippen molar-refractivity contribution in [1.29, 1.82) is 0 Å². The molecule has 1 aliphatic carbocycles. The van der Waals surface area contributed by atoms with Gasteiger partial charge >= 0.3 is 0 Å². The average Bonchev–Trinajstić information content (AvgIpc) is 3.34. The van der Waals surface area contributed by atoms with E-state index in [-0.39, 0.29) is 66.7 Å². The number of nitrogens with one attached hydrogen (secondary N) is 1. The number of rotatable bonds is 7. The number of hydrogen-bond donors (Lipinski definition) is 1. The third kappa shape index (κ3) is 6.19. The Hall–Kier alpha value is -3.99. The number of hydrogen-bond acceptors (Lipinski definition) is 5. The molecule has 1 N–H and O–H groups in total. The molecule has 2 fully saturated rings. The Kier molecular flexibility index (Phi) is 8.25. The van der Waals surface area contributed by atoms with E-state index in [9.17, 15) is 27.6 Å². The Labute approximate surface area is 239 Å². The summed E-state index contributed by atoms with van der Waals surface area (Å²) in [5.41, 5.74) is 0.302. The van der Waals surface area contributed by atoms with Crippen molar-refractivity contribution in [1.82, 2.24) is 15.3 Å². The Bertz CT molecular complexity index is 1430. The lowest BCUT2D eigenvalue weighted by atomic mass is 9.91. The summed E-state index contributed by atoms with van der Waals surface area (Å²) in [5, 5.41) is 2.99. The van der Waals surface area contributed by atoms with Crippen LogP contribution in [0.1, 0.15) is 50.1 Å². The SMILES string of the molecule is O=C(NC1CCC(F)(F)CC1)C(c1ccccc1Cl)N(C(=O)[C@@H]1CCC(=O)N1c1ncccn1)c1cccc(F)c1. The van der Waals surface area contributed by atoms with E-state index in [0.717, 1.165) is 11.0 Å². The molecule has 1 unspecified atom stereocenters. The highest BCUT2D eigenvalue weighted by Crippen LogP contribution is 2.37. The molecular weight excluding hydrogens is 559 g/mol. The fourth-order valence-corrected chi connectivity index (χ4v) is 5.57. The van der Waals surface area contributed by atoms with Crippen LogP contribution >= 0.6 is 11.6 Å². The Morgan fingerprint density at radius 3 is 2.41 bits per heavy atom. The van der Waals surface area contributed by atoms with E-state index in [1.807, 2.05) is 0 Å². The molecule has 3 aromatic rings. The van der Waals surface area contributed by atoms with Gasteiger partial charge in [-0.1, -0.05) is 35.9 Å². The minimum atomic E-state index is -2.80. The second-order valence-corrected chi connectivity index (χ2v) is 10.5. The van der Waals surface area contributed by atoms with E-state index >= 15 is 0 Å². The zero-order valence-electron chi connectivity index (χ0n) is 21.9. The number of aromatic nitrogens is 2. The molecule has 12 heteroatoms. The molecule has 8 nitrogen and oxygen atoms in total. The van der Waals surface area contributed by atoms with Crippen molar-refractivity contribution in [3.63, 3.8) is 0 Å². The molecule has 1 saturated heterocycles. The van der Waals surface area contributed by atoms with Gasteiger partial charge in [0.25, 0.3) is 5.91 Å². The third-order valence-electron chi connectivity index (χ3n) is 7.36. The van der Waals surface area contributed by atoms with Crippen molar-refractivity contribution in [3.05, 3.63) is 83.4 Å². The molecule has 0 spiro atoms. The van der Waals surface area contributed by atoms with Crippen molar-refractivity contribution in [2.24, 2.45) is 0 Å². The number of nitrogens with zero attached hydrogens (tertiary/aromatic N) is 4. The summed E-state index contributed by atoms with van der Waals surface area (Å²) >= 11 is 6.54.